The lowest BCUT2D eigenvalue weighted by Crippen LogP contribution is -2.51. The Morgan fingerprint density at radius 3 is 2.60 bits per heavy atom. The van der Waals surface area contributed by atoms with Crippen LogP contribution >= 0.6 is 0 Å². The van der Waals surface area contributed by atoms with Gasteiger partial charge in [0.15, 0.2) is 0 Å². The van der Waals surface area contributed by atoms with E-state index in [9.17, 15) is 18.0 Å². The van der Waals surface area contributed by atoms with Crippen LogP contribution in [0.25, 0.3) is 0 Å². The second-order valence-corrected chi connectivity index (χ2v) is 5.73. The zero-order valence-electron chi connectivity index (χ0n) is 11.7. The fourth-order valence-electron chi connectivity index (χ4n) is 2.68. The molecule has 2 fully saturated rings. The molecule has 0 aromatic carbocycles. The molecule has 1 amide bonds. The SMILES string of the molecule is CC(C(=O)NCC(F)(F)F)N(CC1CCCN1)C1CC1. The van der Waals surface area contributed by atoms with Crippen LogP contribution in [-0.2, 0) is 4.79 Å². The second-order valence-electron chi connectivity index (χ2n) is 5.73. The lowest BCUT2D eigenvalue weighted by Gasteiger charge is -2.30. The van der Waals surface area contributed by atoms with Gasteiger partial charge in [0.25, 0.3) is 0 Å². The van der Waals surface area contributed by atoms with Gasteiger partial charge in [-0.05, 0) is 39.2 Å². The summed E-state index contributed by atoms with van der Waals surface area (Å²) in [6, 6.07) is 0.199. The zero-order chi connectivity index (χ0) is 14.8. The van der Waals surface area contributed by atoms with Crippen molar-refractivity contribution in [2.75, 3.05) is 19.6 Å². The van der Waals surface area contributed by atoms with Crippen LogP contribution in [0.3, 0.4) is 0 Å². The quantitative estimate of drug-likeness (QED) is 0.775. The highest BCUT2D eigenvalue weighted by atomic mass is 19.4. The number of amides is 1. The molecule has 2 aliphatic rings. The maximum Gasteiger partial charge on any atom is 0.405 e. The highest BCUT2D eigenvalue weighted by Crippen LogP contribution is 2.29. The molecule has 1 heterocycles. The van der Waals surface area contributed by atoms with Gasteiger partial charge in [-0.3, -0.25) is 9.69 Å². The molecule has 0 aromatic heterocycles. The predicted octanol–water partition coefficient (Wildman–Crippen LogP) is 1.27. The highest BCUT2D eigenvalue weighted by Gasteiger charge is 2.37. The second kappa shape index (κ2) is 6.30. The number of rotatable bonds is 6. The number of carbonyl (C=O) groups excluding carboxylic acids is 1. The molecule has 0 spiro atoms. The average molecular weight is 293 g/mol. The zero-order valence-corrected chi connectivity index (χ0v) is 11.7. The summed E-state index contributed by atoms with van der Waals surface area (Å²) in [5, 5.41) is 5.35. The Kier molecular flexibility index (Phi) is 4.90. The number of hydrogen-bond donors (Lipinski definition) is 2. The van der Waals surface area contributed by atoms with Gasteiger partial charge in [-0.15, -0.1) is 0 Å². The number of hydrogen-bond acceptors (Lipinski definition) is 3. The molecule has 7 heteroatoms. The third-order valence-electron chi connectivity index (χ3n) is 3.95. The van der Waals surface area contributed by atoms with Crippen LogP contribution in [-0.4, -0.2) is 54.7 Å². The number of nitrogens with one attached hydrogen (secondary N) is 2. The average Bonchev–Trinajstić information content (AvgIpc) is 3.08. The Bertz CT molecular complexity index is 338. The molecule has 2 rings (SSSR count). The van der Waals surface area contributed by atoms with Gasteiger partial charge in [0.05, 0.1) is 6.04 Å². The first-order valence-corrected chi connectivity index (χ1v) is 7.20. The van der Waals surface area contributed by atoms with Gasteiger partial charge in [0, 0.05) is 18.6 Å². The van der Waals surface area contributed by atoms with Crippen LogP contribution in [0.4, 0.5) is 13.2 Å². The fourth-order valence-corrected chi connectivity index (χ4v) is 2.68. The van der Waals surface area contributed by atoms with Crippen LogP contribution in [0.2, 0.25) is 0 Å². The molecule has 2 N–H and O–H groups in total. The van der Waals surface area contributed by atoms with Gasteiger partial charge in [-0.25, -0.2) is 0 Å². The number of nitrogens with zero attached hydrogens (tertiary/aromatic N) is 1. The fraction of sp³-hybridized carbons (Fsp3) is 0.923. The molecule has 0 aromatic rings. The minimum atomic E-state index is -4.35. The van der Waals surface area contributed by atoms with Crippen molar-refractivity contribution >= 4 is 5.91 Å². The summed E-state index contributed by atoms with van der Waals surface area (Å²) >= 11 is 0. The van der Waals surface area contributed by atoms with E-state index < -0.39 is 24.7 Å². The van der Waals surface area contributed by atoms with E-state index in [1.165, 1.54) is 0 Å². The smallest absolute Gasteiger partial charge is 0.346 e. The molecule has 0 radical (unpaired) electrons. The van der Waals surface area contributed by atoms with E-state index >= 15 is 0 Å². The van der Waals surface area contributed by atoms with Crippen molar-refractivity contribution in [1.82, 2.24) is 15.5 Å². The highest BCUT2D eigenvalue weighted by molar-refractivity contribution is 5.81. The molecule has 1 saturated heterocycles. The third-order valence-corrected chi connectivity index (χ3v) is 3.95. The molecule has 2 unspecified atom stereocenters. The van der Waals surface area contributed by atoms with Crippen LogP contribution in [0.15, 0.2) is 0 Å². The largest absolute Gasteiger partial charge is 0.405 e. The molecule has 1 aliphatic carbocycles. The van der Waals surface area contributed by atoms with Crippen molar-refractivity contribution in [2.45, 2.75) is 56.9 Å². The van der Waals surface area contributed by atoms with E-state index in [-0.39, 0.29) is 0 Å². The van der Waals surface area contributed by atoms with Crippen molar-refractivity contribution in [3.05, 3.63) is 0 Å². The predicted molar refractivity (Wildman–Crippen MR) is 69.3 cm³/mol. The van der Waals surface area contributed by atoms with E-state index in [0.717, 1.165) is 38.8 Å². The molecule has 0 bridgehead atoms. The summed E-state index contributed by atoms with van der Waals surface area (Å²) in [4.78, 5) is 13.9. The van der Waals surface area contributed by atoms with Crippen LogP contribution in [0.1, 0.15) is 32.6 Å². The van der Waals surface area contributed by atoms with Gasteiger partial charge in [0.2, 0.25) is 5.91 Å². The van der Waals surface area contributed by atoms with E-state index in [4.69, 9.17) is 0 Å². The first kappa shape index (κ1) is 15.6. The van der Waals surface area contributed by atoms with Gasteiger partial charge < -0.3 is 10.6 Å². The van der Waals surface area contributed by atoms with Crippen molar-refractivity contribution in [1.29, 1.82) is 0 Å². The minimum absolute atomic E-state index is 0.351. The summed E-state index contributed by atoms with van der Waals surface area (Å²) in [5.41, 5.74) is 0. The Hall–Kier alpha value is -0.820. The summed E-state index contributed by atoms with van der Waals surface area (Å²) in [6.07, 6.45) is -0.0993. The summed E-state index contributed by atoms with van der Waals surface area (Å²) in [7, 11) is 0. The Labute approximate surface area is 117 Å². The number of carbonyl (C=O) groups is 1. The Morgan fingerprint density at radius 1 is 1.40 bits per heavy atom. The van der Waals surface area contributed by atoms with E-state index in [0.29, 0.717) is 12.1 Å². The molecule has 1 aliphatic heterocycles. The molecule has 20 heavy (non-hydrogen) atoms. The normalized spacial score (nSPS) is 24.9. The first-order valence-electron chi connectivity index (χ1n) is 7.20. The Balaban J connectivity index is 1.85. The third kappa shape index (κ3) is 4.63. The monoisotopic (exact) mass is 293 g/mol. The molecule has 4 nitrogen and oxygen atoms in total. The van der Waals surface area contributed by atoms with Crippen molar-refractivity contribution in [3.8, 4) is 0 Å². The molecular formula is C13H22F3N3O. The van der Waals surface area contributed by atoms with Gasteiger partial charge in [-0.1, -0.05) is 0 Å². The van der Waals surface area contributed by atoms with Crippen molar-refractivity contribution < 1.29 is 18.0 Å². The Morgan fingerprint density at radius 2 is 2.10 bits per heavy atom. The van der Waals surface area contributed by atoms with Gasteiger partial charge in [-0.2, -0.15) is 13.2 Å². The summed E-state index contributed by atoms with van der Waals surface area (Å²) in [6.45, 7) is 2.17. The van der Waals surface area contributed by atoms with Crippen LogP contribution in [0, 0.1) is 0 Å². The summed E-state index contributed by atoms with van der Waals surface area (Å²) < 4.78 is 36.4. The van der Waals surface area contributed by atoms with Crippen molar-refractivity contribution in [2.24, 2.45) is 0 Å². The van der Waals surface area contributed by atoms with Gasteiger partial charge >= 0.3 is 6.18 Å². The minimum Gasteiger partial charge on any atom is -0.346 e. The van der Waals surface area contributed by atoms with E-state index in [2.05, 4.69) is 10.2 Å². The lowest BCUT2D eigenvalue weighted by atomic mass is 10.1. The molecule has 2 atom stereocenters. The molecule has 116 valence electrons. The van der Waals surface area contributed by atoms with E-state index in [1.807, 2.05) is 5.32 Å². The lowest BCUT2D eigenvalue weighted by molar-refractivity contribution is -0.141. The number of alkyl halides is 3. The van der Waals surface area contributed by atoms with Crippen molar-refractivity contribution in [3.63, 3.8) is 0 Å². The van der Waals surface area contributed by atoms with Gasteiger partial charge in [0.1, 0.15) is 6.54 Å². The van der Waals surface area contributed by atoms with Crippen LogP contribution < -0.4 is 10.6 Å². The molecular weight excluding hydrogens is 271 g/mol. The maximum absolute atomic E-state index is 12.1. The topological polar surface area (TPSA) is 44.4 Å². The van der Waals surface area contributed by atoms with E-state index in [1.54, 1.807) is 6.92 Å². The summed E-state index contributed by atoms with van der Waals surface area (Å²) in [5.74, 6) is -0.535. The maximum atomic E-state index is 12.1. The number of halogens is 3. The first-order chi connectivity index (χ1) is 9.37. The standard InChI is InChI=1S/C13H22F3N3O/c1-9(12(20)18-8-13(14,15)16)19(11-4-5-11)7-10-3-2-6-17-10/h9-11,17H,2-8H2,1H3,(H,18,20). The van der Waals surface area contributed by atoms with Crippen LogP contribution in [0.5, 0.6) is 0 Å². The molecule has 1 saturated carbocycles.